The van der Waals surface area contributed by atoms with Crippen LogP contribution in [0.3, 0.4) is 0 Å². The zero-order valence-corrected chi connectivity index (χ0v) is 16.1. The highest BCUT2D eigenvalue weighted by atomic mass is 16.4. The van der Waals surface area contributed by atoms with Crippen LogP contribution in [0.2, 0.25) is 0 Å². The van der Waals surface area contributed by atoms with E-state index in [2.05, 4.69) is 29.4 Å². The molecule has 0 saturated carbocycles. The number of rotatable bonds is 10. The molecule has 1 aromatic heterocycles. The molecule has 28 heavy (non-hydrogen) atoms. The summed E-state index contributed by atoms with van der Waals surface area (Å²) >= 11 is 0. The van der Waals surface area contributed by atoms with Crippen molar-refractivity contribution in [2.75, 3.05) is 18.4 Å². The van der Waals surface area contributed by atoms with Gasteiger partial charge in [-0.2, -0.15) is 0 Å². The monoisotopic (exact) mass is 382 g/mol. The van der Waals surface area contributed by atoms with Gasteiger partial charge < -0.3 is 20.2 Å². The number of carbonyl (C=O) groups excluding carboxylic acids is 1. The first-order chi connectivity index (χ1) is 13.6. The Balaban J connectivity index is 1.59. The van der Waals surface area contributed by atoms with E-state index in [9.17, 15) is 9.59 Å². The van der Waals surface area contributed by atoms with Gasteiger partial charge in [0.15, 0.2) is 5.76 Å². The van der Waals surface area contributed by atoms with Gasteiger partial charge in [0.05, 0.1) is 0 Å². The largest absolute Gasteiger partial charge is 0.480 e. The molecule has 0 unspecified atom stereocenters. The number of carboxylic acids is 1. The van der Waals surface area contributed by atoms with Crippen LogP contribution in [-0.2, 0) is 11.2 Å². The highest BCUT2D eigenvalue weighted by molar-refractivity contribution is 5.96. The second-order valence-electron chi connectivity index (χ2n) is 6.31. The van der Waals surface area contributed by atoms with Crippen LogP contribution in [0.1, 0.15) is 54.5 Å². The molecule has 0 bridgehead atoms. The third-order valence-corrected chi connectivity index (χ3v) is 4.08. The number of benzene rings is 1. The summed E-state index contributed by atoms with van der Waals surface area (Å²) in [7, 11) is 0. The van der Waals surface area contributed by atoms with Crippen molar-refractivity contribution >= 4 is 17.6 Å². The smallest absolute Gasteiger partial charge is 0.322 e. The number of hydrogen-bond acceptors (Lipinski definition) is 4. The Morgan fingerprint density at radius 3 is 2.54 bits per heavy atom. The summed E-state index contributed by atoms with van der Waals surface area (Å²) in [5, 5.41) is 14.2. The third kappa shape index (κ3) is 7.58. The summed E-state index contributed by atoms with van der Waals surface area (Å²) in [6, 6.07) is 10.9. The minimum absolute atomic E-state index is 0.384. The lowest BCUT2D eigenvalue weighted by atomic mass is 10.1. The van der Waals surface area contributed by atoms with Crippen molar-refractivity contribution in [2.24, 2.45) is 0 Å². The number of carboxylic acid groups (broad SMARTS) is 1. The van der Waals surface area contributed by atoms with Crippen molar-refractivity contribution < 1.29 is 19.1 Å². The van der Waals surface area contributed by atoms with Gasteiger partial charge in [-0.05, 0) is 55.2 Å². The zero-order valence-electron chi connectivity index (χ0n) is 16.1. The van der Waals surface area contributed by atoms with Crippen LogP contribution in [-0.4, -0.2) is 30.1 Å². The van der Waals surface area contributed by atoms with Crippen molar-refractivity contribution in [1.29, 1.82) is 0 Å². The molecule has 1 amide bonds. The van der Waals surface area contributed by atoms with Gasteiger partial charge >= 0.3 is 5.97 Å². The Labute approximate surface area is 165 Å². The van der Waals surface area contributed by atoms with Gasteiger partial charge in [0.1, 0.15) is 12.3 Å². The van der Waals surface area contributed by atoms with Gasteiger partial charge in [0.2, 0.25) is 0 Å². The summed E-state index contributed by atoms with van der Waals surface area (Å²) in [5.74, 6) is 6.43. The number of unbranched alkanes of at least 4 members (excludes halogenated alkanes) is 3. The molecule has 0 aliphatic heterocycles. The van der Waals surface area contributed by atoms with Gasteiger partial charge in [0, 0.05) is 30.6 Å². The minimum atomic E-state index is -1.07. The van der Waals surface area contributed by atoms with E-state index in [-0.39, 0.29) is 6.54 Å². The molecular formula is C22H26N2O4. The van der Waals surface area contributed by atoms with Crippen molar-refractivity contribution in [1.82, 2.24) is 5.32 Å². The molecule has 2 aromatic rings. The number of amides is 1. The molecule has 2 rings (SSSR count). The van der Waals surface area contributed by atoms with Crippen LogP contribution >= 0.6 is 0 Å². The number of carbonyl (C=O) groups is 2. The van der Waals surface area contributed by atoms with Crippen LogP contribution < -0.4 is 10.6 Å². The average molecular weight is 382 g/mol. The Morgan fingerprint density at radius 1 is 1.07 bits per heavy atom. The van der Waals surface area contributed by atoms with E-state index in [1.807, 2.05) is 24.3 Å². The normalized spacial score (nSPS) is 10.0. The summed E-state index contributed by atoms with van der Waals surface area (Å²) in [6.07, 6.45) is 4.88. The standard InChI is InChI=1S/C22H26N2O4/c1-2-19-13-14-20(28-19)8-6-4-3-5-7-15-23-18-11-9-17(10-12-18)22(27)24-16-21(25)26/h9-14,23H,2-5,7,15-16H2,1H3,(H,24,27)(H,25,26). The van der Waals surface area contributed by atoms with E-state index in [0.717, 1.165) is 55.9 Å². The Hall–Kier alpha value is -3.20. The highest BCUT2D eigenvalue weighted by Gasteiger charge is 2.06. The molecule has 1 aromatic carbocycles. The van der Waals surface area contributed by atoms with Crippen LogP contribution in [0.4, 0.5) is 5.69 Å². The molecule has 0 atom stereocenters. The number of nitrogens with one attached hydrogen (secondary N) is 2. The van der Waals surface area contributed by atoms with Crippen molar-refractivity contribution in [2.45, 2.75) is 39.0 Å². The first kappa shape index (κ1) is 21.1. The summed E-state index contributed by atoms with van der Waals surface area (Å²) < 4.78 is 5.54. The van der Waals surface area contributed by atoms with Gasteiger partial charge in [-0.3, -0.25) is 9.59 Å². The topological polar surface area (TPSA) is 91.6 Å². The lowest BCUT2D eigenvalue weighted by Gasteiger charge is -2.07. The SMILES string of the molecule is CCc1ccc(C#CCCCCCNc2ccc(C(=O)NCC(=O)O)cc2)o1. The molecule has 0 saturated heterocycles. The molecule has 6 nitrogen and oxygen atoms in total. The molecule has 6 heteroatoms. The predicted octanol–water partition coefficient (Wildman–Crippen LogP) is 3.68. The molecule has 0 aliphatic carbocycles. The summed E-state index contributed by atoms with van der Waals surface area (Å²) in [4.78, 5) is 22.2. The lowest BCUT2D eigenvalue weighted by Crippen LogP contribution is -2.29. The van der Waals surface area contributed by atoms with Crippen LogP contribution in [0.25, 0.3) is 0 Å². The van der Waals surface area contributed by atoms with E-state index >= 15 is 0 Å². The minimum Gasteiger partial charge on any atom is -0.480 e. The number of anilines is 1. The molecule has 0 aliphatic rings. The molecular weight excluding hydrogens is 356 g/mol. The van der Waals surface area contributed by atoms with Crippen molar-refractivity contribution in [3.05, 3.63) is 53.5 Å². The summed E-state index contributed by atoms with van der Waals surface area (Å²) in [5.41, 5.74) is 1.37. The highest BCUT2D eigenvalue weighted by Crippen LogP contribution is 2.10. The van der Waals surface area contributed by atoms with Gasteiger partial charge in [-0.1, -0.05) is 19.3 Å². The van der Waals surface area contributed by atoms with E-state index in [1.165, 1.54) is 0 Å². The second kappa shape index (κ2) is 11.5. The Morgan fingerprint density at radius 2 is 1.86 bits per heavy atom. The fourth-order valence-corrected chi connectivity index (χ4v) is 2.53. The van der Waals surface area contributed by atoms with E-state index < -0.39 is 11.9 Å². The fraction of sp³-hybridized carbons (Fsp3) is 0.364. The molecule has 1 heterocycles. The van der Waals surface area contributed by atoms with E-state index in [4.69, 9.17) is 9.52 Å². The van der Waals surface area contributed by atoms with Crippen LogP contribution in [0, 0.1) is 11.8 Å². The first-order valence-electron chi connectivity index (χ1n) is 9.50. The maximum Gasteiger partial charge on any atom is 0.322 e. The summed E-state index contributed by atoms with van der Waals surface area (Å²) in [6.45, 7) is 2.51. The van der Waals surface area contributed by atoms with Gasteiger partial charge in [-0.25, -0.2) is 0 Å². The molecule has 0 spiro atoms. The number of aliphatic carboxylic acids is 1. The van der Waals surface area contributed by atoms with Crippen molar-refractivity contribution in [3.8, 4) is 11.8 Å². The Kier molecular flexibility index (Phi) is 8.67. The van der Waals surface area contributed by atoms with Crippen molar-refractivity contribution in [3.63, 3.8) is 0 Å². The fourth-order valence-electron chi connectivity index (χ4n) is 2.53. The van der Waals surface area contributed by atoms with E-state index in [0.29, 0.717) is 5.56 Å². The maximum absolute atomic E-state index is 11.7. The predicted molar refractivity (Wildman–Crippen MR) is 108 cm³/mol. The van der Waals surface area contributed by atoms with Crippen LogP contribution in [0.15, 0.2) is 40.8 Å². The number of aryl methyl sites for hydroxylation is 1. The number of furan rings is 1. The van der Waals surface area contributed by atoms with Gasteiger partial charge in [0.25, 0.3) is 5.91 Å². The first-order valence-corrected chi connectivity index (χ1v) is 9.50. The molecule has 0 radical (unpaired) electrons. The number of hydrogen-bond donors (Lipinski definition) is 3. The molecule has 0 fully saturated rings. The average Bonchev–Trinajstić information content (AvgIpc) is 3.16. The lowest BCUT2D eigenvalue weighted by molar-refractivity contribution is -0.135. The Bertz CT molecular complexity index is 828. The van der Waals surface area contributed by atoms with Gasteiger partial charge in [-0.15, -0.1) is 0 Å². The zero-order chi connectivity index (χ0) is 20.2. The van der Waals surface area contributed by atoms with Crippen LogP contribution in [0.5, 0.6) is 0 Å². The van der Waals surface area contributed by atoms with E-state index in [1.54, 1.807) is 12.1 Å². The quantitative estimate of drug-likeness (QED) is 0.431. The molecule has 148 valence electrons. The second-order valence-corrected chi connectivity index (χ2v) is 6.31. The molecule has 3 N–H and O–H groups in total. The third-order valence-electron chi connectivity index (χ3n) is 4.08. The maximum atomic E-state index is 11.7.